The molecule has 3 rings (SSSR count). The van der Waals surface area contributed by atoms with E-state index in [-0.39, 0.29) is 37.9 Å². The number of fused-ring (bicyclic) bond motifs is 1. The van der Waals surface area contributed by atoms with Crippen molar-refractivity contribution in [1.29, 1.82) is 0 Å². The molecule has 8 nitrogen and oxygen atoms in total. The van der Waals surface area contributed by atoms with Crippen LogP contribution in [0.25, 0.3) is 10.8 Å². The van der Waals surface area contributed by atoms with Crippen LogP contribution < -0.4 is 14.0 Å². The highest BCUT2D eigenvalue weighted by molar-refractivity contribution is 7.85. The molecule has 3 aromatic rings. The van der Waals surface area contributed by atoms with Crippen LogP contribution in [0, 0.1) is 0 Å². The zero-order chi connectivity index (χ0) is 24.8. The third-order valence-electron chi connectivity index (χ3n) is 4.80. The van der Waals surface area contributed by atoms with Crippen LogP contribution in [0.15, 0.2) is 65.8 Å². The number of aryl methyl sites for hydroxylation is 1. The Morgan fingerprint density at radius 1 is 0.882 bits per heavy atom. The molecule has 186 valence electrons. The van der Waals surface area contributed by atoms with Crippen molar-refractivity contribution in [3.63, 3.8) is 0 Å². The maximum absolute atomic E-state index is 11.1. The van der Waals surface area contributed by atoms with Crippen LogP contribution in [0.2, 0.25) is 0 Å². The first-order valence-corrected chi connectivity index (χ1v) is 12.7. The van der Waals surface area contributed by atoms with Crippen LogP contribution in [-0.4, -0.2) is 49.6 Å². The van der Waals surface area contributed by atoms with Gasteiger partial charge in [-0.1, -0.05) is 31.5 Å². The Balaban J connectivity index is 0.000000254. The summed E-state index contributed by atoms with van der Waals surface area (Å²) in [5.41, 5.74) is 0. The second-order valence-corrected chi connectivity index (χ2v) is 8.99. The average molecular weight is 492 g/mol. The fourth-order valence-electron chi connectivity index (χ4n) is 3.02. The normalized spacial score (nSPS) is 11.1. The van der Waals surface area contributed by atoms with Gasteiger partial charge in [-0.2, -0.15) is 0 Å². The Hall–Kier alpha value is -2.72. The number of aromatic nitrogens is 1. The molecule has 1 aromatic heterocycles. The molecule has 0 saturated carbocycles. The highest BCUT2D eigenvalue weighted by Gasteiger charge is 2.08. The van der Waals surface area contributed by atoms with E-state index in [1.807, 2.05) is 0 Å². The molecule has 0 bridgehead atoms. The van der Waals surface area contributed by atoms with Crippen LogP contribution in [0.1, 0.15) is 32.6 Å². The van der Waals surface area contributed by atoms with Crippen molar-refractivity contribution in [1.82, 2.24) is 0 Å². The predicted octanol–water partition coefficient (Wildman–Crippen LogP) is 3.04. The van der Waals surface area contributed by atoms with Crippen molar-refractivity contribution < 1.29 is 37.2 Å². The first-order valence-electron chi connectivity index (χ1n) is 11.3. The van der Waals surface area contributed by atoms with Crippen LogP contribution >= 0.6 is 0 Å². The fourth-order valence-corrected chi connectivity index (χ4v) is 3.54. The average Bonchev–Trinajstić information content (AvgIpc) is 2.83. The van der Waals surface area contributed by atoms with E-state index in [1.54, 1.807) is 0 Å². The lowest BCUT2D eigenvalue weighted by atomic mass is 10.2. The third kappa shape index (κ3) is 9.64. The number of pyridine rings is 1. The van der Waals surface area contributed by atoms with Crippen LogP contribution in [-0.2, 0) is 16.7 Å². The quantitative estimate of drug-likeness (QED) is 0.227. The SMILES string of the molecule is CCCC[n+]1ccc2ccccc2c1.O=S(=O)([O-])c1cc(OCCCO)cc(OCCCO)c1. The van der Waals surface area contributed by atoms with Crippen molar-refractivity contribution >= 4 is 20.9 Å². The van der Waals surface area contributed by atoms with Crippen molar-refractivity contribution in [3.8, 4) is 11.5 Å². The van der Waals surface area contributed by atoms with Crippen molar-refractivity contribution in [3.05, 3.63) is 60.9 Å². The number of ether oxygens (including phenoxy) is 2. The van der Waals surface area contributed by atoms with Gasteiger partial charge in [-0.3, -0.25) is 0 Å². The number of aliphatic hydroxyl groups is 2. The summed E-state index contributed by atoms with van der Waals surface area (Å²) >= 11 is 0. The fraction of sp³-hybridized carbons (Fsp3) is 0.400. The number of unbranched alkanes of at least 4 members (excludes halogenated alkanes) is 1. The lowest BCUT2D eigenvalue weighted by Crippen LogP contribution is -2.32. The van der Waals surface area contributed by atoms with Gasteiger partial charge in [0.05, 0.1) is 18.1 Å². The van der Waals surface area contributed by atoms with Crippen molar-refractivity contribution in [2.75, 3.05) is 26.4 Å². The number of benzene rings is 2. The van der Waals surface area contributed by atoms with Gasteiger partial charge >= 0.3 is 0 Å². The molecule has 2 N–H and O–H groups in total. The van der Waals surface area contributed by atoms with E-state index >= 15 is 0 Å². The molecule has 0 aliphatic rings. The Morgan fingerprint density at radius 3 is 2.00 bits per heavy atom. The molecule has 34 heavy (non-hydrogen) atoms. The standard InChI is InChI=1S/C13H16N.C12H18O7S/c1-2-3-9-14-10-8-12-6-4-5-7-13(12)11-14;13-3-1-5-18-10-7-11(19-6-2-4-14)9-12(8-10)20(15,16)17/h4-8,10-11H,2-3,9H2,1H3;7-9,13-14H,1-6H2,(H,15,16,17)/q+1;/p-1. The number of hydrogen-bond acceptors (Lipinski definition) is 7. The third-order valence-corrected chi connectivity index (χ3v) is 5.61. The van der Waals surface area contributed by atoms with E-state index in [9.17, 15) is 13.0 Å². The molecule has 2 aromatic carbocycles. The Morgan fingerprint density at radius 2 is 1.47 bits per heavy atom. The molecule has 9 heteroatoms. The molecule has 0 radical (unpaired) electrons. The topological polar surface area (TPSA) is 120 Å². The van der Waals surface area contributed by atoms with E-state index in [0.717, 1.165) is 18.7 Å². The lowest BCUT2D eigenvalue weighted by molar-refractivity contribution is -0.696. The van der Waals surface area contributed by atoms with Gasteiger partial charge in [0.1, 0.15) is 28.2 Å². The summed E-state index contributed by atoms with van der Waals surface area (Å²) in [6.07, 6.45) is 7.66. The summed E-state index contributed by atoms with van der Waals surface area (Å²) in [4.78, 5) is -0.446. The molecule has 1 heterocycles. The summed E-state index contributed by atoms with van der Waals surface area (Å²) in [6, 6.07) is 14.3. The molecule has 0 spiro atoms. The molecule has 0 atom stereocenters. The molecule has 0 fully saturated rings. The molecule has 0 aliphatic carbocycles. The smallest absolute Gasteiger partial charge is 0.176 e. The van der Waals surface area contributed by atoms with E-state index < -0.39 is 15.0 Å². The first-order chi connectivity index (χ1) is 16.4. The van der Waals surface area contributed by atoms with Crippen LogP contribution in [0.5, 0.6) is 11.5 Å². The van der Waals surface area contributed by atoms with Crippen molar-refractivity contribution in [2.24, 2.45) is 0 Å². The zero-order valence-corrected chi connectivity index (χ0v) is 20.2. The Bertz CT molecular complexity index is 1090. The van der Waals surface area contributed by atoms with Gasteiger partial charge in [-0.05, 0) is 23.6 Å². The summed E-state index contributed by atoms with van der Waals surface area (Å²) in [7, 11) is -4.62. The molecule has 0 aliphatic heterocycles. The highest BCUT2D eigenvalue weighted by atomic mass is 32.2. The maximum atomic E-state index is 11.1. The van der Waals surface area contributed by atoms with Crippen molar-refractivity contribution in [2.45, 2.75) is 44.0 Å². The van der Waals surface area contributed by atoms with Gasteiger partial charge in [0.25, 0.3) is 0 Å². The molecule has 0 unspecified atom stereocenters. The van der Waals surface area contributed by atoms with Gasteiger partial charge < -0.3 is 24.2 Å². The summed E-state index contributed by atoms with van der Waals surface area (Å²) < 4.78 is 45.9. The molecule has 0 amide bonds. The van der Waals surface area contributed by atoms with Gasteiger partial charge in [-0.15, -0.1) is 0 Å². The van der Waals surface area contributed by atoms with Gasteiger partial charge in [-0.25, -0.2) is 13.0 Å². The number of nitrogens with zero attached hydrogens (tertiary/aromatic N) is 1. The number of hydrogen-bond donors (Lipinski definition) is 2. The molecular weight excluding hydrogens is 458 g/mol. The largest absolute Gasteiger partial charge is 0.744 e. The van der Waals surface area contributed by atoms with Gasteiger partial charge in [0, 0.05) is 50.0 Å². The minimum absolute atomic E-state index is 0.0561. The monoisotopic (exact) mass is 491 g/mol. The van der Waals surface area contributed by atoms with E-state index in [1.165, 1.54) is 29.7 Å². The maximum Gasteiger partial charge on any atom is 0.176 e. The first kappa shape index (κ1) is 27.5. The minimum Gasteiger partial charge on any atom is -0.744 e. The molecule has 0 saturated heterocycles. The van der Waals surface area contributed by atoms with E-state index in [2.05, 4.69) is 54.2 Å². The number of aliphatic hydroxyl groups excluding tert-OH is 2. The molecular formula is C25H33NO7S. The summed E-state index contributed by atoms with van der Waals surface area (Å²) in [5.74, 6) is 0.351. The highest BCUT2D eigenvalue weighted by Crippen LogP contribution is 2.26. The van der Waals surface area contributed by atoms with Gasteiger partial charge in [0.2, 0.25) is 0 Å². The summed E-state index contributed by atoms with van der Waals surface area (Å²) in [6.45, 7) is 3.62. The summed E-state index contributed by atoms with van der Waals surface area (Å²) in [5, 5.41) is 19.9. The second kappa shape index (κ2) is 14.5. The van der Waals surface area contributed by atoms with Crippen LogP contribution in [0.4, 0.5) is 0 Å². The Labute approximate surface area is 201 Å². The van der Waals surface area contributed by atoms with E-state index in [4.69, 9.17) is 19.7 Å². The predicted molar refractivity (Wildman–Crippen MR) is 128 cm³/mol. The zero-order valence-electron chi connectivity index (χ0n) is 19.4. The number of rotatable bonds is 12. The minimum atomic E-state index is -4.62. The lowest BCUT2D eigenvalue weighted by Gasteiger charge is -2.13. The second-order valence-electron chi connectivity index (χ2n) is 7.61. The Kier molecular flexibility index (Phi) is 11.8. The van der Waals surface area contributed by atoms with E-state index in [0.29, 0.717) is 12.8 Å². The van der Waals surface area contributed by atoms with Crippen LogP contribution in [0.3, 0.4) is 0 Å². The van der Waals surface area contributed by atoms with Gasteiger partial charge in [0.15, 0.2) is 12.4 Å².